The molecule has 1 fully saturated rings. The molecule has 0 aliphatic heterocycles. The van der Waals surface area contributed by atoms with E-state index in [-0.39, 0.29) is 17.2 Å². The summed E-state index contributed by atoms with van der Waals surface area (Å²) in [7, 11) is 0. The van der Waals surface area contributed by atoms with Crippen LogP contribution in [0.5, 0.6) is 0 Å². The first-order valence-corrected chi connectivity index (χ1v) is 6.37. The Bertz CT molecular complexity index is 265. The van der Waals surface area contributed by atoms with Crippen molar-refractivity contribution in [2.75, 3.05) is 12.3 Å². The van der Waals surface area contributed by atoms with E-state index in [2.05, 4.69) is 17.9 Å². The van der Waals surface area contributed by atoms with Gasteiger partial charge in [-0.25, -0.2) is 0 Å². The molecule has 4 nitrogen and oxygen atoms in total. The van der Waals surface area contributed by atoms with Gasteiger partial charge in [-0.05, 0) is 36.9 Å². The van der Waals surface area contributed by atoms with Crippen molar-refractivity contribution in [3.05, 3.63) is 0 Å². The summed E-state index contributed by atoms with van der Waals surface area (Å²) in [5.41, 5.74) is 5.19. The number of unbranched alkanes of at least 4 members (excludes halogenated alkanes) is 1. The quantitative estimate of drug-likeness (QED) is 0.438. The van der Waals surface area contributed by atoms with Crippen molar-refractivity contribution in [3.63, 3.8) is 0 Å². The monoisotopic (exact) mass is 244 g/mol. The highest BCUT2D eigenvalue weighted by Gasteiger charge is 2.42. The second-order valence-corrected chi connectivity index (χ2v) is 4.92. The Hall–Kier alpha value is -0.710. The number of primary amides is 1. The topological polar surface area (TPSA) is 72.2 Å². The molecule has 1 rings (SSSR count). The van der Waals surface area contributed by atoms with Crippen LogP contribution in [-0.4, -0.2) is 24.1 Å². The van der Waals surface area contributed by atoms with E-state index in [0.717, 1.165) is 31.4 Å². The summed E-state index contributed by atoms with van der Waals surface area (Å²) in [6, 6.07) is 0. The van der Waals surface area contributed by atoms with E-state index in [1.807, 2.05) is 0 Å². The predicted molar refractivity (Wildman–Crippen MR) is 66.2 cm³/mol. The molecule has 0 atom stereocenters. The first-order valence-electron chi connectivity index (χ1n) is 5.74. The molecule has 3 N–H and O–H groups in total. The highest BCUT2D eigenvalue weighted by Crippen LogP contribution is 2.49. The van der Waals surface area contributed by atoms with E-state index in [1.54, 1.807) is 0 Å². The molecule has 92 valence electrons. The Kier molecular flexibility index (Phi) is 5.12. The van der Waals surface area contributed by atoms with Gasteiger partial charge in [0.1, 0.15) is 0 Å². The van der Waals surface area contributed by atoms with Crippen LogP contribution < -0.4 is 11.1 Å². The maximum Gasteiger partial charge on any atom is 0.220 e. The minimum absolute atomic E-state index is 0.102. The molecule has 16 heavy (non-hydrogen) atoms. The van der Waals surface area contributed by atoms with Crippen molar-refractivity contribution in [1.29, 1.82) is 0 Å². The van der Waals surface area contributed by atoms with Crippen LogP contribution in [0.2, 0.25) is 0 Å². The summed E-state index contributed by atoms with van der Waals surface area (Å²) in [4.78, 5) is 22.0. The lowest BCUT2D eigenvalue weighted by molar-refractivity contribution is -0.122. The number of nitrogens with two attached hydrogens (primary N) is 1. The van der Waals surface area contributed by atoms with E-state index < -0.39 is 0 Å². The smallest absolute Gasteiger partial charge is 0.220 e. The zero-order chi connectivity index (χ0) is 12.0. The Morgan fingerprint density at radius 3 is 2.50 bits per heavy atom. The Morgan fingerprint density at radius 2 is 2.00 bits per heavy atom. The summed E-state index contributed by atoms with van der Waals surface area (Å²) in [5.74, 6) is 0.617. The van der Waals surface area contributed by atoms with Crippen molar-refractivity contribution in [2.24, 2.45) is 11.1 Å². The van der Waals surface area contributed by atoms with E-state index in [0.29, 0.717) is 19.4 Å². The maximum atomic E-state index is 11.5. The molecule has 0 spiro atoms. The van der Waals surface area contributed by atoms with E-state index in [4.69, 9.17) is 5.73 Å². The van der Waals surface area contributed by atoms with Crippen LogP contribution in [0.25, 0.3) is 0 Å². The predicted octanol–water partition coefficient (Wildman–Crippen LogP) is 0.858. The van der Waals surface area contributed by atoms with Crippen molar-refractivity contribution >= 4 is 24.4 Å². The Labute approximate surface area is 102 Å². The van der Waals surface area contributed by atoms with Gasteiger partial charge < -0.3 is 11.1 Å². The van der Waals surface area contributed by atoms with Crippen LogP contribution in [-0.2, 0) is 9.59 Å². The number of carbonyl (C=O) groups is 2. The fourth-order valence-corrected chi connectivity index (χ4v) is 2.05. The van der Waals surface area contributed by atoms with Gasteiger partial charge in [-0.1, -0.05) is 0 Å². The minimum Gasteiger partial charge on any atom is -0.370 e. The molecular weight excluding hydrogens is 224 g/mol. The molecule has 0 saturated heterocycles. The summed E-state index contributed by atoms with van der Waals surface area (Å²) in [6.45, 7) is 0.634. The third kappa shape index (κ3) is 4.88. The van der Waals surface area contributed by atoms with Gasteiger partial charge in [0.25, 0.3) is 0 Å². The zero-order valence-corrected chi connectivity index (χ0v) is 10.4. The Morgan fingerprint density at radius 1 is 1.31 bits per heavy atom. The van der Waals surface area contributed by atoms with Gasteiger partial charge in [0.2, 0.25) is 11.8 Å². The van der Waals surface area contributed by atoms with E-state index in [9.17, 15) is 9.59 Å². The number of carbonyl (C=O) groups excluding carboxylic acids is 2. The number of rotatable bonds is 8. The van der Waals surface area contributed by atoms with Crippen molar-refractivity contribution in [1.82, 2.24) is 5.32 Å². The first kappa shape index (κ1) is 13.4. The lowest BCUT2D eigenvalue weighted by Crippen LogP contribution is -2.27. The molecule has 0 aromatic carbocycles. The summed E-state index contributed by atoms with van der Waals surface area (Å²) in [6.07, 6.45) is 4.77. The SMILES string of the molecule is NC(=O)CCCCNC(=O)CC1(CS)CC1. The molecule has 0 aromatic heterocycles. The van der Waals surface area contributed by atoms with Gasteiger partial charge >= 0.3 is 0 Å². The van der Waals surface area contributed by atoms with Crippen LogP contribution >= 0.6 is 12.6 Å². The standard InChI is InChI=1S/C11H20N2O2S/c12-9(14)3-1-2-6-13-10(15)7-11(8-16)4-5-11/h16H,1-8H2,(H2,12,14)(H,13,15). The molecular formula is C11H20N2O2S. The zero-order valence-electron chi connectivity index (χ0n) is 9.50. The number of nitrogens with one attached hydrogen (secondary N) is 1. The third-order valence-electron chi connectivity index (χ3n) is 3.00. The fraction of sp³-hybridized carbons (Fsp3) is 0.818. The Balaban J connectivity index is 2.00. The first-order chi connectivity index (χ1) is 7.58. The fourth-order valence-electron chi connectivity index (χ4n) is 1.62. The van der Waals surface area contributed by atoms with E-state index in [1.165, 1.54) is 0 Å². The molecule has 2 amide bonds. The van der Waals surface area contributed by atoms with Gasteiger partial charge in [0.15, 0.2) is 0 Å². The number of hydrogen-bond acceptors (Lipinski definition) is 3. The molecule has 0 unspecified atom stereocenters. The molecule has 0 bridgehead atoms. The van der Waals surface area contributed by atoms with Gasteiger partial charge in [-0.3, -0.25) is 9.59 Å². The molecule has 0 aromatic rings. The van der Waals surface area contributed by atoms with Gasteiger partial charge in [0, 0.05) is 19.4 Å². The van der Waals surface area contributed by atoms with Crippen molar-refractivity contribution in [3.8, 4) is 0 Å². The van der Waals surface area contributed by atoms with Gasteiger partial charge in [-0.2, -0.15) is 12.6 Å². The van der Waals surface area contributed by atoms with Crippen LogP contribution in [0, 0.1) is 5.41 Å². The molecule has 0 radical (unpaired) electrons. The minimum atomic E-state index is -0.279. The molecule has 5 heteroatoms. The summed E-state index contributed by atoms with van der Waals surface area (Å²) >= 11 is 4.25. The van der Waals surface area contributed by atoms with Crippen LogP contribution in [0.15, 0.2) is 0 Å². The largest absolute Gasteiger partial charge is 0.370 e. The van der Waals surface area contributed by atoms with E-state index >= 15 is 0 Å². The molecule has 1 aliphatic rings. The average molecular weight is 244 g/mol. The van der Waals surface area contributed by atoms with Crippen LogP contribution in [0.1, 0.15) is 38.5 Å². The second kappa shape index (κ2) is 6.13. The highest BCUT2D eigenvalue weighted by molar-refractivity contribution is 7.80. The second-order valence-electron chi connectivity index (χ2n) is 4.61. The normalized spacial score (nSPS) is 16.8. The molecule has 1 saturated carbocycles. The average Bonchev–Trinajstić information content (AvgIpc) is 2.97. The lowest BCUT2D eigenvalue weighted by Gasteiger charge is -2.11. The number of hydrogen-bond donors (Lipinski definition) is 3. The van der Waals surface area contributed by atoms with Gasteiger partial charge in [-0.15, -0.1) is 0 Å². The summed E-state index contributed by atoms with van der Waals surface area (Å²) < 4.78 is 0. The summed E-state index contributed by atoms with van der Waals surface area (Å²) in [5, 5.41) is 2.86. The van der Waals surface area contributed by atoms with Crippen molar-refractivity contribution < 1.29 is 9.59 Å². The van der Waals surface area contributed by atoms with Crippen LogP contribution in [0.3, 0.4) is 0 Å². The lowest BCUT2D eigenvalue weighted by atomic mass is 10.1. The third-order valence-corrected chi connectivity index (χ3v) is 3.67. The van der Waals surface area contributed by atoms with Gasteiger partial charge in [0.05, 0.1) is 0 Å². The number of amides is 2. The highest BCUT2D eigenvalue weighted by atomic mass is 32.1. The van der Waals surface area contributed by atoms with Crippen LogP contribution in [0.4, 0.5) is 0 Å². The molecule has 1 aliphatic carbocycles. The molecule has 0 heterocycles. The van der Waals surface area contributed by atoms with Crippen molar-refractivity contribution in [2.45, 2.75) is 38.5 Å². The number of thiol groups is 1. The maximum absolute atomic E-state index is 11.5.